The molecule has 1 heterocycles. The molecule has 1 fully saturated rings. The van der Waals surface area contributed by atoms with Gasteiger partial charge in [-0.15, -0.1) is 0 Å². The summed E-state index contributed by atoms with van der Waals surface area (Å²) >= 11 is 0. The van der Waals surface area contributed by atoms with Crippen molar-refractivity contribution in [2.24, 2.45) is 17.0 Å². The molecule has 1 aromatic carbocycles. The molecule has 0 radical (unpaired) electrons. The maximum Gasteiger partial charge on any atom is 0.223 e. The van der Waals surface area contributed by atoms with Crippen LogP contribution in [0, 0.1) is 11.8 Å². The van der Waals surface area contributed by atoms with Crippen LogP contribution in [0.1, 0.15) is 108 Å². The highest BCUT2D eigenvalue weighted by Gasteiger charge is 2.32. The summed E-state index contributed by atoms with van der Waals surface area (Å²) in [6, 6.07) is 4.08. The molecule has 0 bridgehead atoms. The topological polar surface area (TPSA) is 91.6 Å². The summed E-state index contributed by atoms with van der Waals surface area (Å²) < 4.78 is 10.9. The van der Waals surface area contributed by atoms with Crippen LogP contribution in [0.15, 0.2) is 29.4 Å². The lowest BCUT2D eigenvalue weighted by atomic mass is 9.89. The average molecular weight is 543 g/mol. The van der Waals surface area contributed by atoms with E-state index in [0.29, 0.717) is 18.1 Å². The average Bonchev–Trinajstić information content (AvgIpc) is 3.34. The molecule has 0 aromatic heterocycles. The third-order valence-corrected chi connectivity index (χ3v) is 8.65. The Balaban J connectivity index is 1.41. The number of benzene rings is 1. The molecule has 218 valence electrons. The fourth-order valence-corrected chi connectivity index (χ4v) is 6.28. The molecule has 2 N–H and O–H groups in total. The summed E-state index contributed by atoms with van der Waals surface area (Å²) in [5.74, 6) is 2.24. The first-order chi connectivity index (χ1) is 18.9. The smallest absolute Gasteiger partial charge is 0.223 e. The molecule has 39 heavy (non-hydrogen) atoms. The van der Waals surface area contributed by atoms with Gasteiger partial charge in [0.1, 0.15) is 0 Å². The van der Waals surface area contributed by atoms with Crippen LogP contribution in [-0.2, 0) is 11.2 Å². The van der Waals surface area contributed by atoms with E-state index in [2.05, 4.69) is 25.1 Å². The number of oxime groups is 1. The Labute approximate surface area is 235 Å². The van der Waals surface area contributed by atoms with Crippen molar-refractivity contribution < 1.29 is 24.6 Å². The molecule has 1 aromatic rings. The third kappa shape index (κ3) is 8.47. The molecule has 0 unspecified atom stereocenters. The molecular formula is C32H50N2O5. The highest BCUT2D eigenvalue weighted by atomic mass is 16.5. The maximum absolute atomic E-state index is 13.1. The lowest BCUT2D eigenvalue weighted by molar-refractivity contribution is -0.133. The molecule has 1 aliphatic carbocycles. The molecule has 0 spiro atoms. The minimum Gasteiger partial charge on any atom is -0.493 e. The SMILES string of the molecule is CCCCC[C@H](O)/C=C/[C@H]1CC/C(=N/O)[C@@H]1CCCCCCC(=O)N1CCc2cc(OC)c(OC)cc2[C@@H]1C. The first kappa shape index (κ1) is 31.0. The van der Waals surface area contributed by atoms with Gasteiger partial charge < -0.3 is 24.7 Å². The number of rotatable bonds is 15. The standard InChI is InChI=1S/C32H50N2O5/c1-5-6-9-12-26(35)17-15-24-16-18-29(33-37)27(24)13-10-7-8-11-14-32(36)34-20-19-25-21-30(38-3)31(39-4)22-28(25)23(34)2/h15,17,21-24,26-27,35,37H,5-14,16,18-20H2,1-4H3/b17-15+,33-29-/t23-,24-,26-,27+/m0/s1. The molecule has 4 atom stereocenters. The lowest BCUT2D eigenvalue weighted by Crippen LogP contribution is -2.38. The van der Waals surface area contributed by atoms with Crippen LogP contribution >= 0.6 is 0 Å². The zero-order valence-corrected chi connectivity index (χ0v) is 24.5. The van der Waals surface area contributed by atoms with E-state index >= 15 is 0 Å². The van der Waals surface area contributed by atoms with E-state index in [1.807, 2.05) is 23.1 Å². The van der Waals surface area contributed by atoms with E-state index < -0.39 is 0 Å². The molecule has 3 rings (SSSR count). The van der Waals surface area contributed by atoms with E-state index in [4.69, 9.17) is 9.47 Å². The Morgan fingerprint density at radius 1 is 1.10 bits per heavy atom. The van der Waals surface area contributed by atoms with Crippen LogP contribution < -0.4 is 9.47 Å². The number of unbranched alkanes of at least 4 members (excludes halogenated alkanes) is 5. The summed E-state index contributed by atoms with van der Waals surface area (Å²) in [6.45, 7) is 5.00. The summed E-state index contributed by atoms with van der Waals surface area (Å²) in [4.78, 5) is 15.1. The van der Waals surface area contributed by atoms with Crippen molar-refractivity contribution in [3.63, 3.8) is 0 Å². The first-order valence-electron chi connectivity index (χ1n) is 15.0. The van der Waals surface area contributed by atoms with Gasteiger partial charge in [-0.2, -0.15) is 0 Å². The van der Waals surface area contributed by atoms with Gasteiger partial charge in [-0.1, -0.05) is 62.8 Å². The second-order valence-corrected chi connectivity index (χ2v) is 11.2. The van der Waals surface area contributed by atoms with Crippen molar-refractivity contribution in [2.75, 3.05) is 20.8 Å². The Morgan fingerprint density at radius 2 is 1.85 bits per heavy atom. The van der Waals surface area contributed by atoms with Crippen molar-refractivity contribution in [2.45, 2.75) is 109 Å². The van der Waals surface area contributed by atoms with Crippen LogP contribution in [0.25, 0.3) is 0 Å². The number of amides is 1. The van der Waals surface area contributed by atoms with E-state index in [0.717, 1.165) is 101 Å². The predicted octanol–water partition coefficient (Wildman–Crippen LogP) is 6.84. The van der Waals surface area contributed by atoms with Crippen molar-refractivity contribution >= 4 is 11.6 Å². The Morgan fingerprint density at radius 3 is 2.56 bits per heavy atom. The van der Waals surface area contributed by atoms with Gasteiger partial charge in [-0.3, -0.25) is 4.79 Å². The number of allylic oxidation sites excluding steroid dienone is 1. The highest BCUT2D eigenvalue weighted by molar-refractivity contribution is 5.88. The second kappa shape index (κ2) is 15.9. The third-order valence-electron chi connectivity index (χ3n) is 8.65. The van der Waals surface area contributed by atoms with Crippen LogP contribution in [0.3, 0.4) is 0 Å². The number of fused-ring (bicyclic) bond motifs is 1. The number of ether oxygens (including phenoxy) is 2. The molecule has 1 amide bonds. The quantitative estimate of drug-likeness (QED) is 0.110. The zero-order chi connectivity index (χ0) is 28.2. The number of carbonyl (C=O) groups excluding carboxylic acids is 1. The normalized spacial score (nSPS) is 22.8. The molecule has 1 saturated carbocycles. The van der Waals surface area contributed by atoms with E-state index in [1.165, 1.54) is 5.56 Å². The van der Waals surface area contributed by atoms with Crippen LogP contribution in [-0.4, -0.2) is 53.7 Å². The van der Waals surface area contributed by atoms with Crippen LogP contribution in [0.4, 0.5) is 0 Å². The van der Waals surface area contributed by atoms with Gasteiger partial charge >= 0.3 is 0 Å². The fourth-order valence-electron chi connectivity index (χ4n) is 6.28. The van der Waals surface area contributed by atoms with Crippen LogP contribution in [0.5, 0.6) is 11.5 Å². The zero-order valence-electron chi connectivity index (χ0n) is 24.5. The molecule has 0 saturated heterocycles. The summed E-state index contributed by atoms with van der Waals surface area (Å²) in [5, 5.41) is 23.4. The largest absolute Gasteiger partial charge is 0.493 e. The summed E-state index contributed by atoms with van der Waals surface area (Å²) in [5.41, 5.74) is 3.26. The summed E-state index contributed by atoms with van der Waals surface area (Å²) in [7, 11) is 3.29. The number of aliphatic hydroxyl groups is 1. The minimum atomic E-state index is -0.384. The molecule has 7 heteroatoms. The van der Waals surface area contributed by atoms with Gasteiger partial charge in [-0.05, 0) is 74.6 Å². The minimum absolute atomic E-state index is 0.0229. The number of nitrogens with zero attached hydrogens (tertiary/aromatic N) is 2. The molecular weight excluding hydrogens is 492 g/mol. The van der Waals surface area contributed by atoms with Crippen molar-refractivity contribution in [1.29, 1.82) is 0 Å². The number of aliphatic hydroxyl groups excluding tert-OH is 1. The lowest BCUT2D eigenvalue weighted by Gasteiger charge is -2.36. The first-order valence-corrected chi connectivity index (χ1v) is 15.0. The molecule has 7 nitrogen and oxygen atoms in total. The van der Waals surface area contributed by atoms with Gasteiger partial charge in [0.15, 0.2) is 11.5 Å². The van der Waals surface area contributed by atoms with Crippen LogP contribution in [0.2, 0.25) is 0 Å². The predicted molar refractivity (Wildman–Crippen MR) is 156 cm³/mol. The van der Waals surface area contributed by atoms with E-state index in [-0.39, 0.29) is 24.0 Å². The Hall–Kier alpha value is -2.54. The van der Waals surface area contributed by atoms with E-state index in [9.17, 15) is 15.1 Å². The Bertz CT molecular complexity index is 976. The number of methoxy groups -OCH3 is 2. The highest BCUT2D eigenvalue weighted by Crippen LogP contribution is 2.38. The van der Waals surface area contributed by atoms with Gasteiger partial charge in [0, 0.05) is 18.9 Å². The van der Waals surface area contributed by atoms with Crippen molar-refractivity contribution in [3.8, 4) is 11.5 Å². The van der Waals surface area contributed by atoms with E-state index in [1.54, 1.807) is 14.2 Å². The van der Waals surface area contributed by atoms with Gasteiger partial charge in [0.2, 0.25) is 5.91 Å². The molecule has 1 aliphatic heterocycles. The second-order valence-electron chi connectivity index (χ2n) is 11.2. The van der Waals surface area contributed by atoms with Crippen molar-refractivity contribution in [3.05, 3.63) is 35.4 Å². The number of hydrogen-bond acceptors (Lipinski definition) is 6. The fraction of sp³-hybridized carbons (Fsp3) is 0.688. The van der Waals surface area contributed by atoms with Gasteiger partial charge in [0.25, 0.3) is 0 Å². The van der Waals surface area contributed by atoms with Gasteiger partial charge in [-0.25, -0.2) is 0 Å². The molecule has 2 aliphatic rings. The maximum atomic E-state index is 13.1. The summed E-state index contributed by atoms with van der Waals surface area (Å²) in [6.07, 6.45) is 16.1. The van der Waals surface area contributed by atoms with Crippen molar-refractivity contribution in [1.82, 2.24) is 4.90 Å². The number of hydrogen-bond donors (Lipinski definition) is 2. The Kier molecular flexibility index (Phi) is 12.6. The number of carbonyl (C=O) groups is 1. The monoisotopic (exact) mass is 542 g/mol. The van der Waals surface area contributed by atoms with Gasteiger partial charge in [0.05, 0.1) is 32.1 Å².